The van der Waals surface area contributed by atoms with Crippen LogP contribution < -0.4 is 11.1 Å². The summed E-state index contributed by atoms with van der Waals surface area (Å²) in [7, 11) is 0. The lowest BCUT2D eigenvalue weighted by atomic mass is 10.0. The quantitative estimate of drug-likeness (QED) is 0.428. The number of aliphatic hydroxyl groups is 1. The van der Waals surface area contributed by atoms with E-state index >= 15 is 0 Å². The van der Waals surface area contributed by atoms with Crippen LogP contribution in [-0.4, -0.2) is 27.5 Å². The Hall–Kier alpha value is -3.78. The number of nitrogens with two attached hydrogens (primary N) is 1. The minimum Gasteiger partial charge on any atom is -0.387 e. The molecule has 2 aromatic carbocycles. The molecule has 8 nitrogen and oxygen atoms in total. The summed E-state index contributed by atoms with van der Waals surface area (Å²) >= 11 is 0. The molecule has 0 aliphatic heterocycles. The summed E-state index contributed by atoms with van der Waals surface area (Å²) < 4.78 is 0. The Morgan fingerprint density at radius 1 is 1.14 bits per heavy atom. The Morgan fingerprint density at radius 2 is 1.79 bits per heavy atom. The maximum Gasteiger partial charge on any atom is 0.288 e. The van der Waals surface area contributed by atoms with Crippen molar-refractivity contribution in [2.75, 3.05) is 11.9 Å². The highest BCUT2D eigenvalue weighted by Crippen LogP contribution is 2.23. The highest BCUT2D eigenvalue weighted by atomic mass is 16.6. The summed E-state index contributed by atoms with van der Waals surface area (Å²) in [6.07, 6.45) is 0.151. The normalized spacial score (nSPS) is 11.6. The first-order valence-corrected chi connectivity index (χ1v) is 8.47. The zero-order chi connectivity index (χ0) is 20.1. The number of carbonyl (C=O) groups excluding carboxylic acids is 1. The third-order valence-corrected chi connectivity index (χ3v) is 4.21. The van der Waals surface area contributed by atoms with Gasteiger partial charge in [0.1, 0.15) is 12.0 Å². The predicted octanol–water partition coefficient (Wildman–Crippen LogP) is 2.90. The number of carbonyl (C=O) groups is 1. The smallest absolute Gasteiger partial charge is 0.288 e. The molecular formula is C20H18N4O4. The Bertz CT molecular complexity index is 991. The summed E-state index contributed by atoms with van der Waals surface area (Å²) in [6.45, 7) is 0.0514. The van der Waals surface area contributed by atoms with Gasteiger partial charge in [-0.05, 0) is 16.7 Å². The van der Waals surface area contributed by atoms with Gasteiger partial charge in [0.25, 0.3) is 11.6 Å². The molecule has 3 aromatic rings. The first kappa shape index (κ1) is 19.0. The number of nitrogens with one attached hydrogen (secondary N) is 1. The van der Waals surface area contributed by atoms with Gasteiger partial charge in [0.15, 0.2) is 0 Å². The van der Waals surface area contributed by atoms with E-state index in [1.807, 2.05) is 54.6 Å². The van der Waals surface area contributed by atoms with Crippen molar-refractivity contribution in [1.82, 2.24) is 4.98 Å². The first-order chi connectivity index (χ1) is 13.5. The van der Waals surface area contributed by atoms with Crippen molar-refractivity contribution in [3.63, 3.8) is 0 Å². The monoisotopic (exact) mass is 378 g/mol. The Balaban J connectivity index is 1.71. The van der Waals surface area contributed by atoms with Crippen molar-refractivity contribution < 1.29 is 14.8 Å². The molecule has 0 saturated carbocycles. The molecule has 0 aliphatic rings. The second-order valence-electron chi connectivity index (χ2n) is 6.10. The number of anilines is 1. The van der Waals surface area contributed by atoms with Crippen molar-refractivity contribution in [3.05, 3.63) is 88.1 Å². The number of nitro groups is 1. The van der Waals surface area contributed by atoms with E-state index < -0.39 is 16.9 Å². The number of rotatable bonds is 7. The molecule has 1 amide bonds. The van der Waals surface area contributed by atoms with E-state index in [4.69, 9.17) is 5.73 Å². The van der Waals surface area contributed by atoms with E-state index in [-0.39, 0.29) is 23.6 Å². The van der Waals surface area contributed by atoms with Gasteiger partial charge in [-0.2, -0.15) is 0 Å². The third-order valence-electron chi connectivity index (χ3n) is 4.21. The fourth-order valence-electron chi connectivity index (χ4n) is 2.72. The van der Waals surface area contributed by atoms with Gasteiger partial charge in [0.05, 0.1) is 16.6 Å². The maximum atomic E-state index is 11.5. The molecule has 0 radical (unpaired) electrons. The number of aliphatic hydroxyl groups excluding tert-OH is 1. The van der Waals surface area contributed by atoms with Crippen LogP contribution in [0.25, 0.3) is 11.1 Å². The van der Waals surface area contributed by atoms with E-state index in [1.54, 1.807) is 0 Å². The summed E-state index contributed by atoms with van der Waals surface area (Å²) in [5.41, 5.74) is 7.60. The van der Waals surface area contributed by atoms with Crippen LogP contribution in [0, 0.1) is 10.1 Å². The molecule has 0 aliphatic carbocycles. The highest BCUT2D eigenvalue weighted by Gasteiger charge is 2.17. The van der Waals surface area contributed by atoms with Crippen molar-refractivity contribution in [3.8, 4) is 11.1 Å². The molecule has 4 N–H and O–H groups in total. The van der Waals surface area contributed by atoms with E-state index in [9.17, 15) is 20.0 Å². The number of pyridine rings is 1. The molecule has 0 fully saturated rings. The van der Waals surface area contributed by atoms with Crippen LogP contribution in [0.4, 0.5) is 11.5 Å². The van der Waals surface area contributed by atoms with Crippen molar-refractivity contribution in [2.45, 2.75) is 6.10 Å². The first-order valence-electron chi connectivity index (χ1n) is 8.47. The predicted molar refractivity (Wildman–Crippen MR) is 105 cm³/mol. The molecule has 1 heterocycles. The molecule has 1 aromatic heterocycles. The standard InChI is InChI=1S/C20H18N4O4/c21-19(26)17-10-16(24(27)28)11-22-20(17)23-12-18(25)15-8-6-14(7-9-15)13-4-2-1-3-5-13/h1-11,18,25H,12H2,(H2,21,26)(H,22,23). The number of hydrogen-bond donors (Lipinski definition) is 3. The van der Waals surface area contributed by atoms with Gasteiger partial charge in [-0.3, -0.25) is 14.9 Å². The molecule has 0 spiro atoms. The van der Waals surface area contributed by atoms with Crippen LogP contribution in [0.15, 0.2) is 66.9 Å². The molecule has 0 bridgehead atoms. The zero-order valence-electron chi connectivity index (χ0n) is 14.8. The average Bonchev–Trinajstić information content (AvgIpc) is 2.72. The molecule has 3 rings (SSSR count). The van der Waals surface area contributed by atoms with E-state index in [1.165, 1.54) is 0 Å². The molecule has 0 saturated heterocycles. The average molecular weight is 378 g/mol. The number of hydrogen-bond acceptors (Lipinski definition) is 6. The van der Waals surface area contributed by atoms with Gasteiger partial charge < -0.3 is 16.2 Å². The van der Waals surface area contributed by atoms with E-state index in [0.717, 1.165) is 23.4 Å². The van der Waals surface area contributed by atoms with Crippen LogP contribution in [-0.2, 0) is 0 Å². The van der Waals surface area contributed by atoms with Crippen molar-refractivity contribution >= 4 is 17.4 Å². The molecule has 142 valence electrons. The van der Waals surface area contributed by atoms with Crippen LogP contribution in [0.2, 0.25) is 0 Å². The Kier molecular flexibility index (Phi) is 5.61. The second-order valence-corrected chi connectivity index (χ2v) is 6.10. The van der Waals surface area contributed by atoms with Gasteiger partial charge in [-0.1, -0.05) is 54.6 Å². The lowest BCUT2D eigenvalue weighted by molar-refractivity contribution is -0.385. The number of amides is 1. The molecule has 8 heteroatoms. The summed E-state index contributed by atoms with van der Waals surface area (Å²) in [5, 5.41) is 24.0. The SMILES string of the molecule is NC(=O)c1cc([N+](=O)[O-])cnc1NCC(O)c1ccc(-c2ccccc2)cc1. The zero-order valence-corrected chi connectivity index (χ0v) is 14.8. The fraction of sp³-hybridized carbons (Fsp3) is 0.100. The number of benzene rings is 2. The Morgan fingerprint density at radius 3 is 2.39 bits per heavy atom. The van der Waals surface area contributed by atoms with Gasteiger partial charge >= 0.3 is 0 Å². The number of aromatic nitrogens is 1. The summed E-state index contributed by atoms with van der Waals surface area (Å²) in [5.74, 6) is -0.765. The number of nitrogens with zero attached hydrogens (tertiary/aromatic N) is 2. The van der Waals surface area contributed by atoms with E-state index in [2.05, 4.69) is 10.3 Å². The topological polar surface area (TPSA) is 131 Å². The largest absolute Gasteiger partial charge is 0.387 e. The lowest BCUT2D eigenvalue weighted by Crippen LogP contribution is -2.19. The van der Waals surface area contributed by atoms with Crippen LogP contribution in [0.3, 0.4) is 0 Å². The minimum absolute atomic E-state index is 0.0514. The summed E-state index contributed by atoms with van der Waals surface area (Å²) in [4.78, 5) is 25.6. The van der Waals surface area contributed by atoms with Gasteiger partial charge in [0.2, 0.25) is 0 Å². The second kappa shape index (κ2) is 8.28. The minimum atomic E-state index is -0.873. The fourth-order valence-corrected chi connectivity index (χ4v) is 2.72. The molecular weight excluding hydrogens is 360 g/mol. The molecule has 1 atom stereocenters. The van der Waals surface area contributed by atoms with Gasteiger partial charge in [0, 0.05) is 12.6 Å². The van der Waals surface area contributed by atoms with E-state index in [0.29, 0.717) is 5.56 Å². The molecule has 1 unspecified atom stereocenters. The number of primary amides is 1. The third kappa shape index (κ3) is 4.30. The van der Waals surface area contributed by atoms with Crippen molar-refractivity contribution in [1.29, 1.82) is 0 Å². The van der Waals surface area contributed by atoms with Crippen LogP contribution in [0.1, 0.15) is 22.0 Å². The van der Waals surface area contributed by atoms with Crippen LogP contribution >= 0.6 is 0 Å². The van der Waals surface area contributed by atoms with Crippen molar-refractivity contribution in [2.24, 2.45) is 5.73 Å². The molecule has 28 heavy (non-hydrogen) atoms. The van der Waals surface area contributed by atoms with Crippen LogP contribution in [0.5, 0.6) is 0 Å². The van der Waals surface area contributed by atoms with Gasteiger partial charge in [-0.25, -0.2) is 4.98 Å². The highest BCUT2D eigenvalue weighted by molar-refractivity contribution is 5.98. The van der Waals surface area contributed by atoms with Gasteiger partial charge in [-0.15, -0.1) is 0 Å². The maximum absolute atomic E-state index is 11.5. The Labute approximate surface area is 160 Å². The summed E-state index contributed by atoms with van der Waals surface area (Å²) in [6, 6.07) is 18.3. The lowest BCUT2D eigenvalue weighted by Gasteiger charge is -2.14.